The molecule has 90 valence electrons. The van der Waals surface area contributed by atoms with Gasteiger partial charge in [0.1, 0.15) is 0 Å². The first kappa shape index (κ1) is 12.4. The Kier molecular flexibility index (Phi) is 3.15. The van der Waals surface area contributed by atoms with Crippen LogP contribution in [0.2, 0.25) is 5.02 Å². The Labute approximate surface area is 106 Å². The zero-order valence-electron chi connectivity index (χ0n) is 9.30. The topological polar surface area (TPSA) is 57.9 Å². The molecule has 0 bridgehead atoms. The van der Waals surface area contributed by atoms with Crippen molar-refractivity contribution in [2.45, 2.75) is 18.1 Å². The Hall–Kier alpha value is -1.05. The van der Waals surface area contributed by atoms with E-state index in [1.807, 2.05) is 0 Å². The molecule has 2 rings (SSSR count). The Morgan fingerprint density at radius 1 is 1.35 bits per heavy atom. The molecular weight excluding hydrogens is 258 g/mol. The molecule has 0 radical (unpaired) electrons. The number of benzene rings is 1. The SMILES string of the molecule is CCS(=O)(=O)[C@@H]1[C@H](C#N)[C@H]1c1ccc(Cl)cc1. The van der Waals surface area contributed by atoms with Crippen LogP contribution in [-0.2, 0) is 9.84 Å². The van der Waals surface area contributed by atoms with Gasteiger partial charge < -0.3 is 0 Å². The lowest BCUT2D eigenvalue weighted by Gasteiger charge is -2.00. The smallest absolute Gasteiger partial charge is 0.154 e. The van der Waals surface area contributed by atoms with Crippen molar-refractivity contribution in [1.82, 2.24) is 0 Å². The third kappa shape index (κ3) is 2.18. The van der Waals surface area contributed by atoms with E-state index in [0.29, 0.717) is 5.02 Å². The quantitative estimate of drug-likeness (QED) is 0.846. The number of sulfone groups is 1. The van der Waals surface area contributed by atoms with Crippen molar-refractivity contribution in [2.75, 3.05) is 5.75 Å². The van der Waals surface area contributed by atoms with Gasteiger partial charge >= 0.3 is 0 Å². The average Bonchev–Trinajstić information content (AvgIpc) is 3.05. The molecule has 0 unspecified atom stereocenters. The first-order chi connectivity index (χ1) is 8.01. The lowest BCUT2D eigenvalue weighted by atomic mass is 10.1. The van der Waals surface area contributed by atoms with E-state index in [1.54, 1.807) is 31.2 Å². The molecule has 0 N–H and O–H groups in total. The van der Waals surface area contributed by atoms with Crippen LogP contribution in [0.4, 0.5) is 0 Å². The number of nitrogens with zero attached hydrogens (tertiary/aromatic N) is 1. The van der Waals surface area contributed by atoms with Gasteiger partial charge in [0.2, 0.25) is 0 Å². The molecule has 1 saturated carbocycles. The minimum Gasteiger partial charge on any atom is -0.228 e. The number of halogens is 1. The van der Waals surface area contributed by atoms with Crippen LogP contribution in [0.3, 0.4) is 0 Å². The summed E-state index contributed by atoms with van der Waals surface area (Å²) in [5.41, 5.74) is 0.878. The zero-order chi connectivity index (χ0) is 12.6. The van der Waals surface area contributed by atoms with Crippen molar-refractivity contribution in [2.24, 2.45) is 5.92 Å². The van der Waals surface area contributed by atoms with Crippen LogP contribution in [0, 0.1) is 17.2 Å². The number of hydrogen-bond acceptors (Lipinski definition) is 3. The van der Waals surface area contributed by atoms with Gasteiger partial charge in [-0.3, -0.25) is 0 Å². The molecule has 5 heteroatoms. The van der Waals surface area contributed by atoms with Crippen molar-refractivity contribution in [3.05, 3.63) is 34.9 Å². The van der Waals surface area contributed by atoms with E-state index in [1.165, 1.54) is 0 Å². The molecular formula is C12H12ClNO2S. The Morgan fingerprint density at radius 2 is 1.94 bits per heavy atom. The van der Waals surface area contributed by atoms with Gasteiger partial charge in [0.25, 0.3) is 0 Å². The highest BCUT2D eigenvalue weighted by Gasteiger charge is 2.58. The molecule has 1 aliphatic rings. The fourth-order valence-corrected chi connectivity index (χ4v) is 4.03. The zero-order valence-corrected chi connectivity index (χ0v) is 10.9. The molecule has 0 aromatic heterocycles. The van der Waals surface area contributed by atoms with Crippen LogP contribution in [0.1, 0.15) is 18.4 Å². The lowest BCUT2D eigenvalue weighted by Crippen LogP contribution is -2.12. The normalized spacial score (nSPS) is 27.5. The Morgan fingerprint density at radius 3 is 2.41 bits per heavy atom. The van der Waals surface area contributed by atoms with Crippen LogP contribution in [0.15, 0.2) is 24.3 Å². The monoisotopic (exact) mass is 269 g/mol. The summed E-state index contributed by atoms with van der Waals surface area (Å²) in [5.74, 6) is -0.525. The van der Waals surface area contributed by atoms with Gasteiger partial charge in [-0.15, -0.1) is 0 Å². The first-order valence-electron chi connectivity index (χ1n) is 5.38. The maximum absolute atomic E-state index is 11.8. The number of rotatable bonds is 3. The highest BCUT2D eigenvalue weighted by atomic mass is 35.5. The lowest BCUT2D eigenvalue weighted by molar-refractivity contribution is 0.594. The second-order valence-electron chi connectivity index (χ2n) is 4.15. The average molecular weight is 270 g/mol. The van der Waals surface area contributed by atoms with E-state index in [9.17, 15) is 8.42 Å². The van der Waals surface area contributed by atoms with Gasteiger partial charge in [-0.25, -0.2) is 8.42 Å². The van der Waals surface area contributed by atoms with Gasteiger partial charge in [-0.1, -0.05) is 30.7 Å². The maximum atomic E-state index is 11.8. The minimum absolute atomic E-state index is 0.0833. The van der Waals surface area contributed by atoms with Gasteiger partial charge in [-0.2, -0.15) is 5.26 Å². The summed E-state index contributed by atoms with van der Waals surface area (Å²) in [6.45, 7) is 1.61. The Balaban J connectivity index is 2.30. The molecule has 17 heavy (non-hydrogen) atoms. The maximum Gasteiger partial charge on any atom is 0.154 e. The minimum atomic E-state index is -3.15. The molecule has 0 saturated heterocycles. The second-order valence-corrected chi connectivity index (χ2v) is 7.03. The van der Waals surface area contributed by atoms with Crippen molar-refractivity contribution in [1.29, 1.82) is 5.26 Å². The molecule has 0 spiro atoms. The second kappa shape index (κ2) is 4.32. The van der Waals surface area contributed by atoms with Crippen LogP contribution < -0.4 is 0 Å². The Bertz CT molecular complexity index is 559. The summed E-state index contributed by atoms with van der Waals surface area (Å²) in [5, 5.41) is 9.05. The van der Waals surface area contributed by atoms with E-state index in [-0.39, 0.29) is 11.7 Å². The van der Waals surface area contributed by atoms with Crippen molar-refractivity contribution < 1.29 is 8.42 Å². The summed E-state index contributed by atoms with van der Waals surface area (Å²) in [7, 11) is -3.15. The fraction of sp³-hybridized carbons (Fsp3) is 0.417. The molecule has 3 atom stereocenters. The predicted octanol–water partition coefficient (Wildman–Crippen LogP) is 2.38. The molecule has 0 heterocycles. The third-order valence-electron chi connectivity index (χ3n) is 3.17. The van der Waals surface area contributed by atoms with Crippen LogP contribution in [0.25, 0.3) is 0 Å². The predicted molar refractivity (Wildman–Crippen MR) is 66.5 cm³/mol. The standard InChI is InChI=1S/C12H12ClNO2S/c1-2-17(15,16)12-10(7-14)11(12)8-3-5-9(13)6-4-8/h3-6,10-12H,2H2,1H3/t10-,11-,12-/m1/s1. The number of nitriles is 1. The summed E-state index contributed by atoms with van der Waals surface area (Å²) in [4.78, 5) is 0. The third-order valence-corrected chi connectivity index (χ3v) is 5.65. The summed E-state index contributed by atoms with van der Waals surface area (Å²) < 4.78 is 23.6. The van der Waals surface area contributed by atoms with E-state index in [0.717, 1.165) is 5.56 Å². The van der Waals surface area contributed by atoms with Gasteiger partial charge in [0, 0.05) is 16.7 Å². The summed E-state index contributed by atoms with van der Waals surface area (Å²) >= 11 is 5.78. The molecule has 0 amide bonds. The summed E-state index contributed by atoms with van der Waals surface area (Å²) in [6.07, 6.45) is 0. The molecule has 1 aliphatic carbocycles. The van der Waals surface area contributed by atoms with Crippen LogP contribution in [-0.4, -0.2) is 19.4 Å². The van der Waals surface area contributed by atoms with E-state index in [2.05, 4.69) is 6.07 Å². The van der Waals surface area contributed by atoms with E-state index < -0.39 is 21.0 Å². The van der Waals surface area contributed by atoms with Crippen LogP contribution in [0.5, 0.6) is 0 Å². The largest absolute Gasteiger partial charge is 0.228 e. The first-order valence-corrected chi connectivity index (χ1v) is 7.47. The van der Waals surface area contributed by atoms with Gasteiger partial charge in [0.15, 0.2) is 9.84 Å². The molecule has 1 aromatic carbocycles. The highest BCUT2D eigenvalue weighted by molar-refractivity contribution is 7.92. The molecule has 3 nitrogen and oxygen atoms in total. The van der Waals surface area contributed by atoms with Gasteiger partial charge in [-0.05, 0) is 17.7 Å². The van der Waals surface area contributed by atoms with E-state index >= 15 is 0 Å². The van der Waals surface area contributed by atoms with Crippen molar-refractivity contribution in [3.8, 4) is 6.07 Å². The highest BCUT2D eigenvalue weighted by Crippen LogP contribution is 2.52. The fourth-order valence-electron chi connectivity index (χ4n) is 2.16. The van der Waals surface area contributed by atoms with Crippen LogP contribution >= 0.6 is 11.6 Å². The summed E-state index contributed by atoms with van der Waals surface area (Å²) in [6, 6.07) is 9.11. The van der Waals surface area contributed by atoms with Crippen molar-refractivity contribution in [3.63, 3.8) is 0 Å². The molecule has 1 fully saturated rings. The number of hydrogen-bond donors (Lipinski definition) is 0. The molecule has 0 aliphatic heterocycles. The van der Waals surface area contributed by atoms with E-state index in [4.69, 9.17) is 16.9 Å². The van der Waals surface area contributed by atoms with Gasteiger partial charge in [0.05, 0.1) is 17.2 Å². The van der Waals surface area contributed by atoms with Crippen molar-refractivity contribution >= 4 is 21.4 Å². The molecule has 1 aromatic rings.